The van der Waals surface area contributed by atoms with E-state index in [1.807, 2.05) is 26.0 Å². The monoisotopic (exact) mass is 237 g/mol. The first kappa shape index (κ1) is 13.4. The molecule has 0 saturated heterocycles. The van der Waals surface area contributed by atoms with E-state index in [4.69, 9.17) is 9.84 Å². The number of hydrogen-bond donors (Lipinski definition) is 2. The maximum atomic E-state index is 10.4. The molecule has 4 nitrogen and oxygen atoms in total. The molecule has 4 heteroatoms. The van der Waals surface area contributed by atoms with Gasteiger partial charge in [-0.3, -0.25) is 4.79 Å². The van der Waals surface area contributed by atoms with E-state index in [0.717, 1.165) is 22.6 Å². The summed E-state index contributed by atoms with van der Waals surface area (Å²) >= 11 is 0. The van der Waals surface area contributed by atoms with Gasteiger partial charge in [0.1, 0.15) is 5.75 Å². The standard InChI is InChI=1S/C13H19NO3/c1-9-7-11(17-3)8-10(2)13(9)14-6-4-5-12(15)16/h7-8,14H,4-6H2,1-3H3,(H,15,16). The zero-order chi connectivity index (χ0) is 12.8. The molecule has 1 aromatic carbocycles. The Hall–Kier alpha value is -1.71. The molecule has 0 amide bonds. The summed E-state index contributed by atoms with van der Waals surface area (Å²) in [5.41, 5.74) is 3.28. The number of aryl methyl sites for hydroxylation is 2. The average molecular weight is 237 g/mol. The lowest BCUT2D eigenvalue weighted by atomic mass is 10.1. The van der Waals surface area contributed by atoms with Crippen molar-refractivity contribution in [3.05, 3.63) is 23.3 Å². The largest absolute Gasteiger partial charge is 0.497 e. The van der Waals surface area contributed by atoms with Gasteiger partial charge in [0.05, 0.1) is 7.11 Å². The number of methoxy groups -OCH3 is 1. The van der Waals surface area contributed by atoms with Crippen LogP contribution in [0.4, 0.5) is 5.69 Å². The molecule has 0 fully saturated rings. The summed E-state index contributed by atoms with van der Waals surface area (Å²) < 4.78 is 5.18. The summed E-state index contributed by atoms with van der Waals surface area (Å²) in [6.07, 6.45) is 0.821. The van der Waals surface area contributed by atoms with Crippen molar-refractivity contribution in [2.45, 2.75) is 26.7 Å². The molecule has 0 heterocycles. The van der Waals surface area contributed by atoms with Crippen molar-refractivity contribution < 1.29 is 14.6 Å². The molecule has 0 saturated carbocycles. The second kappa shape index (κ2) is 6.13. The molecular weight excluding hydrogens is 218 g/mol. The quantitative estimate of drug-likeness (QED) is 0.747. The van der Waals surface area contributed by atoms with Crippen molar-refractivity contribution in [3.63, 3.8) is 0 Å². The molecule has 0 spiro atoms. The number of nitrogens with one attached hydrogen (secondary N) is 1. The van der Waals surface area contributed by atoms with Crippen LogP contribution in [-0.4, -0.2) is 24.7 Å². The Bertz CT molecular complexity index is 379. The number of carboxylic acid groups (broad SMARTS) is 1. The van der Waals surface area contributed by atoms with Gasteiger partial charge >= 0.3 is 5.97 Å². The average Bonchev–Trinajstić information content (AvgIpc) is 2.26. The van der Waals surface area contributed by atoms with Crippen molar-refractivity contribution in [3.8, 4) is 5.75 Å². The molecule has 0 aliphatic heterocycles. The topological polar surface area (TPSA) is 58.6 Å². The van der Waals surface area contributed by atoms with Crippen LogP contribution in [0.1, 0.15) is 24.0 Å². The van der Waals surface area contributed by atoms with Crippen LogP contribution in [0.25, 0.3) is 0 Å². The molecule has 0 aliphatic carbocycles. The van der Waals surface area contributed by atoms with Gasteiger partial charge in [-0.25, -0.2) is 0 Å². The first-order chi connectivity index (χ1) is 8.04. The number of benzene rings is 1. The summed E-state index contributed by atoms with van der Waals surface area (Å²) in [5.74, 6) is 0.0889. The molecule has 0 atom stereocenters. The maximum absolute atomic E-state index is 10.4. The van der Waals surface area contributed by atoms with E-state index in [9.17, 15) is 4.79 Å². The van der Waals surface area contributed by atoms with Gasteiger partial charge < -0.3 is 15.2 Å². The second-order valence-corrected chi connectivity index (χ2v) is 4.06. The van der Waals surface area contributed by atoms with E-state index in [2.05, 4.69) is 5.32 Å². The zero-order valence-electron chi connectivity index (χ0n) is 10.5. The SMILES string of the molecule is COc1cc(C)c(NCCCC(=O)O)c(C)c1. The number of hydrogen-bond acceptors (Lipinski definition) is 3. The highest BCUT2D eigenvalue weighted by molar-refractivity contribution is 5.66. The first-order valence-corrected chi connectivity index (χ1v) is 5.65. The minimum Gasteiger partial charge on any atom is -0.497 e. The van der Waals surface area contributed by atoms with Crippen LogP contribution < -0.4 is 10.1 Å². The van der Waals surface area contributed by atoms with Crippen molar-refractivity contribution in [2.75, 3.05) is 19.0 Å². The number of aliphatic carboxylic acids is 1. The van der Waals surface area contributed by atoms with Crippen molar-refractivity contribution in [2.24, 2.45) is 0 Å². The second-order valence-electron chi connectivity index (χ2n) is 4.06. The van der Waals surface area contributed by atoms with E-state index in [1.165, 1.54) is 0 Å². The van der Waals surface area contributed by atoms with Crippen LogP contribution >= 0.6 is 0 Å². The lowest BCUT2D eigenvalue weighted by molar-refractivity contribution is -0.137. The number of anilines is 1. The molecule has 0 aliphatic rings. The molecule has 0 bridgehead atoms. The van der Waals surface area contributed by atoms with Crippen molar-refractivity contribution in [1.29, 1.82) is 0 Å². The van der Waals surface area contributed by atoms with Gasteiger partial charge in [0.15, 0.2) is 0 Å². The third kappa shape index (κ3) is 3.98. The molecule has 0 radical (unpaired) electrons. The Balaban J connectivity index is 2.62. The van der Waals surface area contributed by atoms with E-state index >= 15 is 0 Å². The predicted octanol–water partition coefficient (Wildman–Crippen LogP) is 2.59. The third-order valence-electron chi connectivity index (χ3n) is 2.61. The van der Waals surface area contributed by atoms with Gasteiger partial charge in [0.25, 0.3) is 0 Å². The van der Waals surface area contributed by atoms with Crippen molar-refractivity contribution in [1.82, 2.24) is 0 Å². The van der Waals surface area contributed by atoms with E-state index in [1.54, 1.807) is 7.11 Å². The molecule has 0 unspecified atom stereocenters. The normalized spacial score (nSPS) is 10.1. The van der Waals surface area contributed by atoms with Gasteiger partial charge in [-0.15, -0.1) is 0 Å². The van der Waals surface area contributed by atoms with Crippen LogP contribution in [0.2, 0.25) is 0 Å². The Morgan fingerprint density at radius 2 is 1.94 bits per heavy atom. The highest BCUT2D eigenvalue weighted by Crippen LogP contribution is 2.25. The van der Waals surface area contributed by atoms with E-state index in [0.29, 0.717) is 13.0 Å². The van der Waals surface area contributed by atoms with Crippen molar-refractivity contribution >= 4 is 11.7 Å². The number of carboxylic acids is 1. The maximum Gasteiger partial charge on any atom is 0.303 e. The zero-order valence-corrected chi connectivity index (χ0v) is 10.5. The summed E-state index contributed by atoms with van der Waals surface area (Å²) in [6.45, 7) is 4.68. The molecule has 0 aromatic heterocycles. The lowest BCUT2D eigenvalue weighted by Gasteiger charge is -2.14. The Morgan fingerprint density at radius 3 is 2.41 bits per heavy atom. The Kier molecular flexibility index (Phi) is 4.82. The smallest absolute Gasteiger partial charge is 0.303 e. The summed E-state index contributed by atoms with van der Waals surface area (Å²) in [7, 11) is 1.65. The van der Waals surface area contributed by atoms with Gasteiger partial charge in [0, 0.05) is 18.7 Å². The molecule has 17 heavy (non-hydrogen) atoms. The van der Waals surface area contributed by atoms with Gasteiger partial charge in [-0.1, -0.05) is 0 Å². The molecule has 1 rings (SSSR count). The van der Waals surface area contributed by atoms with Crippen LogP contribution in [-0.2, 0) is 4.79 Å². The Morgan fingerprint density at radius 1 is 1.35 bits per heavy atom. The fourth-order valence-corrected chi connectivity index (χ4v) is 1.77. The first-order valence-electron chi connectivity index (χ1n) is 5.65. The van der Waals surface area contributed by atoms with Gasteiger partial charge in [-0.05, 0) is 43.5 Å². The minimum atomic E-state index is -0.755. The number of carbonyl (C=O) groups is 1. The highest BCUT2D eigenvalue weighted by atomic mass is 16.5. The van der Waals surface area contributed by atoms with Crippen LogP contribution in [0.3, 0.4) is 0 Å². The summed E-state index contributed by atoms with van der Waals surface area (Å²) in [4.78, 5) is 10.4. The van der Waals surface area contributed by atoms with Gasteiger partial charge in [-0.2, -0.15) is 0 Å². The van der Waals surface area contributed by atoms with Gasteiger partial charge in [0.2, 0.25) is 0 Å². The predicted molar refractivity (Wildman–Crippen MR) is 67.8 cm³/mol. The minimum absolute atomic E-state index is 0.196. The third-order valence-corrected chi connectivity index (χ3v) is 2.61. The fraction of sp³-hybridized carbons (Fsp3) is 0.462. The molecular formula is C13H19NO3. The Labute approximate surface area is 102 Å². The molecule has 2 N–H and O–H groups in total. The fourth-order valence-electron chi connectivity index (χ4n) is 1.77. The lowest BCUT2D eigenvalue weighted by Crippen LogP contribution is -2.07. The number of ether oxygens (including phenoxy) is 1. The van der Waals surface area contributed by atoms with E-state index < -0.39 is 5.97 Å². The van der Waals surface area contributed by atoms with Crippen LogP contribution in [0.5, 0.6) is 5.75 Å². The van der Waals surface area contributed by atoms with Crippen LogP contribution in [0, 0.1) is 13.8 Å². The highest BCUT2D eigenvalue weighted by Gasteiger charge is 2.05. The molecule has 94 valence electrons. The van der Waals surface area contributed by atoms with Crippen LogP contribution in [0.15, 0.2) is 12.1 Å². The molecule has 1 aromatic rings. The summed E-state index contributed by atoms with van der Waals surface area (Å²) in [5, 5.41) is 11.8. The number of rotatable bonds is 6. The summed E-state index contributed by atoms with van der Waals surface area (Å²) in [6, 6.07) is 3.93. The van der Waals surface area contributed by atoms with E-state index in [-0.39, 0.29) is 6.42 Å².